The highest BCUT2D eigenvalue weighted by molar-refractivity contribution is 6.07. The number of hydrogen-bond acceptors (Lipinski definition) is 2. The summed E-state index contributed by atoms with van der Waals surface area (Å²) in [5.41, 5.74) is 0.921. The fourth-order valence-corrected chi connectivity index (χ4v) is 1.36. The van der Waals surface area contributed by atoms with Gasteiger partial charge in [-0.05, 0) is 26.0 Å². The van der Waals surface area contributed by atoms with Gasteiger partial charge in [-0.1, -0.05) is 18.2 Å². The zero-order chi connectivity index (χ0) is 9.73. The zero-order valence-electron chi connectivity index (χ0n) is 7.88. The van der Waals surface area contributed by atoms with Crippen molar-refractivity contribution in [3.63, 3.8) is 0 Å². The third-order valence-corrected chi connectivity index (χ3v) is 1.78. The molecule has 72 valence electrons. The molecule has 0 heterocycles. The normalized spacial score (nSPS) is 11.3. The molecule has 0 radical (unpaired) electrons. The Morgan fingerprint density at radius 1 is 1.31 bits per heavy atom. The molecule has 0 aliphatic rings. The molecule has 1 rings (SSSR count). The fraction of sp³-hybridized carbons (Fsp3) is 0.400. The van der Waals surface area contributed by atoms with Gasteiger partial charge >= 0.3 is 0 Å². The van der Waals surface area contributed by atoms with E-state index in [1.807, 2.05) is 44.2 Å². The predicted octanol–water partition coefficient (Wildman–Crippen LogP) is 3.05. The molecule has 0 saturated heterocycles. The van der Waals surface area contributed by atoms with E-state index in [9.17, 15) is 0 Å². The van der Waals surface area contributed by atoms with E-state index in [1.165, 1.54) is 0 Å². The highest BCUT2D eigenvalue weighted by Crippen LogP contribution is 2.14. The van der Waals surface area contributed by atoms with Crippen molar-refractivity contribution in [2.24, 2.45) is 0 Å². The number of benzene rings is 1. The quantitative estimate of drug-likeness (QED) is 0.805. The second kappa shape index (κ2) is 4.49. The lowest BCUT2D eigenvalue weighted by atomic mass is 10.1. The Balaban J connectivity index is 2.58. The number of anilines is 1. The number of halogens is 1. The van der Waals surface area contributed by atoms with Crippen molar-refractivity contribution in [1.29, 1.82) is 0 Å². The molecule has 0 fully saturated rings. The molecule has 0 unspecified atom stereocenters. The van der Waals surface area contributed by atoms with Crippen LogP contribution >= 0.6 is 11.9 Å². The minimum absolute atomic E-state index is 0.150. The van der Waals surface area contributed by atoms with Crippen LogP contribution in [0.15, 0.2) is 30.3 Å². The third kappa shape index (κ3) is 3.66. The Morgan fingerprint density at radius 2 is 1.92 bits per heavy atom. The lowest BCUT2D eigenvalue weighted by molar-refractivity contribution is 0.280. The van der Waals surface area contributed by atoms with E-state index in [0.29, 0.717) is 6.61 Å². The molecule has 0 spiro atoms. The van der Waals surface area contributed by atoms with Crippen molar-refractivity contribution in [1.82, 2.24) is 0 Å². The van der Waals surface area contributed by atoms with Gasteiger partial charge in [-0.3, -0.25) is 4.29 Å². The molecule has 0 aliphatic heterocycles. The van der Waals surface area contributed by atoms with Crippen molar-refractivity contribution < 1.29 is 4.29 Å². The first-order valence-electron chi connectivity index (χ1n) is 4.21. The zero-order valence-corrected chi connectivity index (χ0v) is 8.64. The van der Waals surface area contributed by atoms with Crippen LogP contribution < -0.4 is 5.32 Å². The van der Waals surface area contributed by atoms with Gasteiger partial charge in [-0.2, -0.15) is 0 Å². The van der Waals surface area contributed by atoms with E-state index in [1.54, 1.807) is 0 Å². The Bertz CT molecular complexity index is 248. The Labute approximate surface area is 84.0 Å². The summed E-state index contributed by atoms with van der Waals surface area (Å²) in [6, 6.07) is 9.97. The summed E-state index contributed by atoms with van der Waals surface area (Å²) in [4.78, 5) is 0. The molecule has 2 nitrogen and oxygen atoms in total. The van der Waals surface area contributed by atoms with Crippen LogP contribution in [-0.4, -0.2) is 12.1 Å². The van der Waals surface area contributed by atoms with Gasteiger partial charge in [0.05, 0.1) is 24.0 Å². The summed E-state index contributed by atoms with van der Waals surface area (Å²) >= 11 is 5.21. The summed E-state index contributed by atoms with van der Waals surface area (Å²) in [7, 11) is 0. The summed E-state index contributed by atoms with van der Waals surface area (Å²) in [6.45, 7) is 4.52. The summed E-state index contributed by atoms with van der Waals surface area (Å²) < 4.78 is 4.59. The number of rotatable bonds is 4. The second-order valence-electron chi connectivity index (χ2n) is 3.63. The van der Waals surface area contributed by atoms with Crippen molar-refractivity contribution in [3.05, 3.63) is 30.3 Å². The Hall–Kier alpha value is -0.730. The first-order chi connectivity index (χ1) is 6.14. The lowest BCUT2D eigenvalue weighted by Gasteiger charge is -2.25. The first kappa shape index (κ1) is 10.4. The van der Waals surface area contributed by atoms with Crippen molar-refractivity contribution in [3.8, 4) is 0 Å². The second-order valence-corrected chi connectivity index (χ2v) is 3.85. The molecule has 0 saturated carbocycles. The van der Waals surface area contributed by atoms with Crippen LogP contribution in [0.25, 0.3) is 0 Å². The van der Waals surface area contributed by atoms with Crippen LogP contribution in [-0.2, 0) is 4.29 Å². The molecule has 1 aromatic rings. The highest BCUT2D eigenvalue weighted by Gasteiger charge is 2.16. The van der Waals surface area contributed by atoms with Crippen molar-refractivity contribution >= 4 is 17.6 Å². The van der Waals surface area contributed by atoms with Gasteiger partial charge in [-0.15, -0.1) is 0 Å². The van der Waals surface area contributed by atoms with Crippen LogP contribution in [0.1, 0.15) is 13.8 Å². The molecule has 0 amide bonds. The van der Waals surface area contributed by atoms with Gasteiger partial charge in [-0.25, -0.2) is 0 Å². The van der Waals surface area contributed by atoms with E-state index in [2.05, 4.69) is 9.61 Å². The standard InChI is InChI=1S/C10H14ClNO/c1-10(2,8-13-11)12-9-6-4-3-5-7-9/h3-7,12H,8H2,1-2H3. The summed E-state index contributed by atoms with van der Waals surface area (Å²) in [5, 5.41) is 3.31. The van der Waals surface area contributed by atoms with Gasteiger partial charge < -0.3 is 5.32 Å². The summed E-state index contributed by atoms with van der Waals surface area (Å²) in [5.74, 6) is 0. The molecular formula is C10H14ClNO. The molecule has 13 heavy (non-hydrogen) atoms. The summed E-state index contributed by atoms with van der Waals surface area (Å²) in [6.07, 6.45) is 0. The van der Waals surface area contributed by atoms with Crippen molar-refractivity contribution in [2.75, 3.05) is 11.9 Å². The van der Waals surface area contributed by atoms with E-state index in [4.69, 9.17) is 11.9 Å². The van der Waals surface area contributed by atoms with Crippen LogP contribution in [0.2, 0.25) is 0 Å². The van der Waals surface area contributed by atoms with Crippen LogP contribution in [0.5, 0.6) is 0 Å². The first-order valence-corrected chi connectivity index (χ1v) is 4.52. The highest BCUT2D eigenvalue weighted by atomic mass is 35.5. The van der Waals surface area contributed by atoms with E-state index in [-0.39, 0.29) is 5.54 Å². The minimum atomic E-state index is -0.150. The van der Waals surface area contributed by atoms with Gasteiger partial charge in [0.25, 0.3) is 0 Å². The van der Waals surface area contributed by atoms with Gasteiger partial charge in [0.15, 0.2) is 0 Å². The van der Waals surface area contributed by atoms with Gasteiger partial charge in [0, 0.05) is 5.69 Å². The van der Waals surface area contributed by atoms with Gasteiger partial charge in [0.2, 0.25) is 0 Å². The Kier molecular flexibility index (Phi) is 3.58. The maximum Gasteiger partial charge on any atom is 0.0907 e. The maximum absolute atomic E-state index is 5.21. The predicted molar refractivity (Wildman–Crippen MR) is 55.9 cm³/mol. The van der Waals surface area contributed by atoms with Gasteiger partial charge in [0.1, 0.15) is 0 Å². The molecular weight excluding hydrogens is 186 g/mol. The SMILES string of the molecule is CC(C)(COCl)Nc1ccccc1. The molecule has 0 aliphatic carbocycles. The molecule has 1 aromatic carbocycles. The van der Waals surface area contributed by atoms with E-state index < -0.39 is 0 Å². The minimum Gasteiger partial charge on any atom is -0.378 e. The van der Waals surface area contributed by atoms with Crippen LogP contribution in [0, 0.1) is 0 Å². The number of hydrogen-bond donors (Lipinski definition) is 1. The number of nitrogens with one attached hydrogen (secondary N) is 1. The lowest BCUT2D eigenvalue weighted by Crippen LogP contribution is -2.35. The topological polar surface area (TPSA) is 21.3 Å². The molecule has 0 aromatic heterocycles. The smallest absolute Gasteiger partial charge is 0.0907 e. The number of para-hydroxylation sites is 1. The maximum atomic E-state index is 5.21. The molecule has 0 bridgehead atoms. The van der Waals surface area contributed by atoms with E-state index >= 15 is 0 Å². The molecule has 1 N–H and O–H groups in total. The fourth-order valence-electron chi connectivity index (χ4n) is 1.08. The largest absolute Gasteiger partial charge is 0.378 e. The monoisotopic (exact) mass is 199 g/mol. The van der Waals surface area contributed by atoms with Crippen LogP contribution in [0.4, 0.5) is 5.69 Å². The average Bonchev–Trinajstić information content (AvgIpc) is 2.04. The molecule has 3 heteroatoms. The average molecular weight is 200 g/mol. The van der Waals surface area contributed by atoms with E-state index in [0.717, 1.165) is 5.69 Å². The van der Waals surface area contributed by atoms with Crippen LogP contribution in [0.3, 0.4) is 0 Å². The Morgan fingerprint density at radius 3 is 2.46 bits per heavy atom. The van der Waals surface area contributed by atoms with Crippen molar-refractivity contribution in [2.45, 2.75) is 19.4 Å². The molecule has 0 atom stereocenters. The third-order valence-electron chi connectivity index (χ3n) is 1.67.